The number of carbonyl (C=O) groups excluding carboxylic acids is 2. The molecule has 1 aliphatic rings. The van der Waals surface area contributed by atoms with Gasteiger partial charge >= 0.3 is 5.97 Å². The van der Waals surface area contributed by atoms with Crippen LogP contribution < -0.4 is 5.32 Å². The molecule has 0 aromatic heterocycles. The fraction of sp³-hybridized carbons (Fsp3) is 0.500. The first-order chi connectivity index (χ1) is 12.5. The van der Waals surface area contributed by atoms with Gasteiger partial charge in [0, 0.05) is 29.6 Å². The standard InChI is InChI=1S/C16H19ClN2O5S2/c17-13-9-11(19(22)23)5-6-14(13)18-15(20)10-24-16(21)4-2-1-3-12-7-8-25-26-12/h5-6,9,12H,1-4,7-8,10H2,(H,18,20)/t12-/m1/s1. The molecule has 1 saturated heterocycles. The summed E-state index contributed by atoms with van der Waals surface area (Å²) < 4.78 is 4.94. The highest BCUT2D eigenvalue weighted by Gasteiger charge is 2.16. The maximum absolute atomic E-state index is 11.8. The number of halogens is 1. The van der Waals surface area contributed by atoms with Gasteiger partial charge in [-0.05, 0) is 25.3 Å². The molecule has 0 radical (unpaired) electrons. The van der Waals surface area contributed by atoms with Crippen molar-refractivity contribution in [2.24, 2.45) is 0 Å². The van der Waals surface area contributed by atoms with Gasteiger partial charge in [-0.15, -0.1) is 0 Å². The summed E-state index contributed by atoms with van der Waals surface area (Å²) in [5.74, 6) is 0.238. The van der Waals surface area contributed by atoms with Crippen LogP contribution in [0, 0.1) is 10.1 Å². The SMILES string of the molecule is O=C(COC(=O)CCCC[C@@H]1CCSS1)Nc1ccc([N+](=O)[O-])cc1Cl. The number of hydrogen-bond donors (Lipinski definition) is 1. The number of anilines is 1. The molecule has 1 atom stereocenters. The van der Waals surface area contributed by atoms with Crippen LogP contribution in [0.5, 0.6) is 0 Å². The van der Waals surface area contributed by atoms with E-state index in [1.54, 1.807) is 0 Å². The van der Waals surface area contributed by atoms with Gasteiger partial charge in [-0.3, -0.25) is 19.7 Å². The van der Waals surface area contributed by atoms with Crippen LogP contribution in [0.4, 0.5) is 11.4 Å². The number of nitrogens with one attached hydrogen (secondary N) is 1. The number of amides is 1. The van der Waals surface area contributed by atoms with Gasteiger partial charge < -0.3 is 10.1 Å². The van der Waals surface area contributed by atoms with E-state index in [-0.39, 0.29) is 22.8 Å². The van der Waals surface area contributed by atoms with Gasteiger partial charge in [-0.25, -0.2) is 0 Å². The number of unbranched alkanes of at least 4 members (excludes halogenated alkanes) is 1. The van der Waals surface area contributed by atoms with Gasteiger partial charge in [-0.2, -0.15) is 0 Å². The number of benzene rings is 1. The molecule has 0 saturated carbocycles. The Bertz CT molecular complexity index is 668. The molecule has 10 heteroatoms. The Morgan fingerprint density at radius 2 is 2.19 bits per heavy atom. The zero-order chi connectivity index (χ0) is 18.9. The fourth-order valence-electron chi connectivity index (χ4n) is 2.33. The third-order valence-corrected chi connectivity index (χ3v) is 7.01. The molecule has 142 valence electrons. The van der Waals surface area contributed by atoms with E-state index in [4.69, 9.17) is 16.3 Å². The zero-order valence-corrected chi connectivity index (χ0v) is 16.3. The second kappa shape index (κ2) is 10.6. The normalized spacial score (nSPS) is 16.3. The number of non-ortho nitro benzene ring substituents is 1. The number of carbonyl (C=O) groups is 2. The lowest BCUT2D eigenvalue weighted by atomic mass is 10.1. The quantitative estimate of drug-likeness (QED) is 0.208. The smallest absolute Gasteiger partial charge is 0.306 e. The first-order valence-corrected chi connectivity index (χ1v) is 10.9. The molecule has 1 N–H and O–H groups in total. The van der Waals surface area contributed by atoms with Crippen molar-refractivity contribution in [2.75, 3.05) is 17.7 Å². The number of nitrogens with zero attached hydrogens (tertiary/aromatic N) is 1. The maximum atomic E-state index is 11.8. The Labute approximate surface area is 164 Å². The topological polar surface area (TPSA) is 98.5 Å². The molecule has 1 fully saturated rings. The van der Waals surface area contributed by atoms with Crippen molar-refractivity contribution in [3.63, 3.8) is 0 Å². The van der Waals surface area contributed by atoms with Gasteiger partial charge in [0.1, 0.15) is 0 Å². The van der Waals surface area contributed by atoms with Crippen molar-refractivity contribution >= 4 is 56.4 Å². The molecule has 0 spiro atoms. The number of nitro groups is 1. The van der Waals surface area contributed by atoms with Crippen molar-refractivity contribution in [1.82, 2.24) is 0 Å². The second-order valence-corrected chi connectivity index (χ2v) is 8.90. The molecule has 1 aromatic rings. The highest BCUT2D eigenvalue weighted by molar-refractivity contribution is 8.77. The van der Waals surface area contributed by atoms with E-state index < -0.39 is 23.4 Å². The number of rotatable bonds is 9. The van der Waals surface area contributed by atoms with Gasteiger partial charge in [0.25, 0.3) is 11.6 Å². The van der Waals surface area contributed by atoms with E-state index in [9.17, 15) is 19.7 Å². The minimum Gasteiger partial charge on any atom is -0.456 e. The van der Waals surface area contributed by atoms with Crippen LogP contribution in [-0.2, 0) is 14.3 Å². The van der Waals surface area contributed by atoms with E-state index in [1.807, 2.05) is 21.6 Å². The van der Waals surface area contributed by atoms with E-state index >= 15 is 0 Å². The monoisotopic (exact) mass is 418 g/mol. The van der Waals surface area contributed by atoms with Crippen LogP contribution in [0.1, 0.15) is 32.1 Å². The first kappa shape index (κ1) is 20.9. The summed E-state index contributed by atoms with van der Waals surface area (Å²) in [5, 5.41) is 13.8. The first-order valence-electron chi connectivity index (χ1n) is 8.13. The van der Waals surface area contributed by atoms with Crippen LogP contribution in [0.25, 0.3) is 0 Å². The predicted molar refractivity (Wildman–Crippen MR) is 105 cm³/mol. The zero-order valence-electron chi connectivity index (χ0n) is 13.9. The van der Waals surface area contributed by atoms with Crippen molar-refractivity contribution in [2.45, 2.75) is 37.4 Å². The molecule has 1 aliphatic heterocycles. The average molecular weight is 419 g/mol. The molecule has 0 bridgehead atoms. The highest BCUT2D eigenvalue weighted by atomic mass is 35.5. The average Bonchev–Trinajstić information content (AvgIpc) is 3.12. The summed E-state index contributed by atoms with van der Waals surface area (Å²) in [7, 11) is 3.82. The lowest BCUT2D eigenvalue weighted by Gasteiger charge is -2.09. The molecule has 7 nitrogen and oxygen atoms in total. The third-order valence-electron chi connectivity index (χ3n) is 3.69. The van der Waals surface area contributed by atoms with Gasteiger partial charge in [0.2, 0.25) is 0 Å². The van der Waals surface area contributed by atoms with Crippen LogP contribution in [-0.4, -0.2) is 34.4 Å². The molecule has 2 rings (SSSR count). The van der Waals surface area contributed by atoms with Gasteiger partial charge in [0.15, 0.2) is 6.61 Å². The van der Waals surface area contributed by atoms with Crippen molar-refractivity contribution in [3.05, 3.63) is 33.3 Å². The van der Waals surface area contributed by atoms with Crippen LogP contribution in [0.15, 0.2) is 18.2 Å². The molecule has 1 aromatic carbocycles. The Hall–Kier alpha value is -1.45. The van der Waals surface area contributed by atoms with E-state index in [0.717, 1.165) is 25.3 Å². The molecule has 0 aliphatic carbocycles. The van der Waals surface area contributed by atoms with Gasteiger partial charge in [0.05, 0.1) is 15.6 Å². The van der Waals surface area contributed by atoms with Crippen molar-refractivity contribution < 1.29 is 19.2 Å². The molecular formula is C16H19ClN2O5S2. The van der Waals surface area contributed by atoms with Crippen molar-refractivity contribution in [3.8, 4) is 0 Å². The molecule has 0 unspecified atom stereocenters. The molecular weight excluding hydrogens is 400 g/mol. The molecule has 1 heterocycles. The number of nitro benzene ring substituents is 1. The van der Waals surface area contributed by atoms with Crippen LogP contribution in [0.3, 0.4) is 0 Å². The summed E-state index contributed by atoms with van der Waals surface area (Å²) in [6.45, 7) is -0.415. The van der Waals surface area contributed by atoms with E-state index in [0.29, 0.717) is 5.25 Å². The number of esters is 1. The van der Waals surface area contributed by atoms with Gasteiger partial charge in [-0.1, -0.05) is 39.6 Å². The summed E-state index contributed by atoms with van der Waals surface area (Å²) in [6, 6.07) is 3.71. The highest BCUT2D eigenvalue weighted by Crippen LogP contribution is 2.39. The summed E-state index contributed by atoms with van der Waals surface area (Å²) in [6.07, 6.45) is 4.33. The largest absolute Gasteiger partial charge is 0.456 e. The third kappa shape index (κ3) is 7.05. The lowest BCUT2D eigenvalue weighted by Crippen LogP contribution is -2.21. The maximum Gasteiger partial charge on any atom is 0.306 e. The predicted octanol–water partition coefficient (Wildman–Crippen LogP) is 4.44. The Morgan fingerprint density at radius 3 is 2.85 bits per heavy atom. The molecule has 1 amide bonds. The van der Waals surface area contributed by atoms with Crippen LogP contribution >= 0.6 is 33.2 Å². The summed E-state index contributed by atoms with van der Waals surface area (Å²) in [5.41, 5.74) is 0.0549. The second-order valence-electron chi connectivity index (χ2n) is 5.70. The minimum absolute atomic E-state index is 0.0434. The van der Waals surface area contributed by atoms with E-state index in [2.05, 4.69) is 5.32 Å². The van der Waals surface area contributed by atoms with E-state index in [1.165, 1.54) is 24.3 Å². The Kier molecular flexibility index (Phi) is 8.53. The minimum atomic E-state index is -0.580. The molecule has 26 heavy (non-hydrogen) atoms. The summed E-state index contributed by atoms with van der Waals surface area (Å²) in [4.78, 5) is 33.5. The van der Waals surface area contributed by atoms with Crippen LogP contribution in [0.2, 0.25) is 5.02 Å². The number of ether oxygens (including phenoxy) is 1. The van der Waals surface area contributed by atoms with Crippen molar-refractivity contribution in [1.29, 1.82) is 0 Å². The Balaban J connectivity index is 1.64. The fourth-order valence-corrected chi connectivity index (χ4v) is 5.58. The summed E-state index contributed by atoms with van der Waals surface area (Å²) >= 11 is 5.89. The lowest BCUT2D eigenvalue weighted by molar-refractivity contribution is -0.384. The Morgan fingerprint density at radius 1 is 1.38 bits per heavy atom. The number of hydrogen-bond acceptors (Lipinski definition) is 7.